The number of nitrogens with one attached hydrogen (secondary N) is 2. The van der Waals surface area contributed by atoms with E-state index >= 15 is 0 Å². The van der Waals surface area contributed by atoms with Crippen molar-refractivity contribution < 1.29 is 14.3 Å². The van der Waals surface area contributed by atoms with Gasteiger partial charge in [0.1, 0.15) is 18.1 Å². The molecule has 3 amide bonds. The van der Waals surface area contributed by atoms with Gasteiger partial charge in [-0.3, -0.25) is 10.1 Å². The van der Waals surface area contributed by atoms with Crippen LogP contribution >= 0.6 is 0 Å². The Morgan fingerprint density at radius 1 is 0.846 bits per heavy atom. The second-order valence-corrected chi connectivity index (χ2v) is 5.93. The summed E-state index contributed by atoms with van der Waals surface area (Å²) in [5.41, 5.74) is 2.01. The van der Waals surface area contributed by atoms with Gasteiger partial charge in [-0.2, -0.15) is 0 Å². The number of benzene rings is 3. The van der Waals surface area contributed by atoms with Crippen LogP contribution in [0.5, 0.6) is 5.75 Å². The Morgan fingerprint density at radius 3 is 2.46 bits per heavy atom. The number of fused-ring (bicyclic) bond motifs is 1. The van der Waals surface area contributed by atoms with Gasteiger partial charge in [0.15, 0.2) is 0 Å². The minimum atomic E-state index is -0.518. The first-order valence-electron chi connectivity index (χ1n) is 8.23. The van der Waals surface area contributed by atoms with Crippen LogP contribution in [0.25, 0.3) is 16.8 Å². The second-order valence-electron chi connectivity index (χ2n) is 5.93. The van der Waals surface area contributed by atoms with Gasteiger partial charge in [-0.05, 0) is 28.5 Å². The zero-order valence-electron chi connectivity index (χ0n) is 13.9. The molecule has 3 aromatic carbocycles. The number of hydrogen-bond donors (Lipinski definition) is 2. The highest BCUT2D eigenvalue weighted by molar-refractivity contribution is 6.14. The number of ether oxygens (including phenoxy) is 1. The Kier molecular flexibility index (Phi) is 4.11. The monoisotopic (exact) mass is 344 g/mol. The molecule has 1 aliphatic rings. The Morgan fingerprint density at radius 2 is 1.62 bits per heavy atom. The van der Waals surface area contributed by atoms with E-state index in [0.29, 0.717) is 12.4 Å². The molecule has 1 aliphatic heterocycles. The largest absolute Gasteiger partial charge is 0.488 e. The predicted molar refractivity (Wildman–Crippen MR) is 99.4 cm³/mol. The third-order valence-corrected chi connectivity index (χ3v) is 4.20. The Bertz CT molecular complexity index is 1030. The number of urea groups is 1. The van der Waals surface area contributed by atoms with E-state index in [1.165, 1.54) is 0 Å². The highest BCUT2D eigenvalue weighted by Gasteiger charge is 2.23. The summed E-state index contributed by atoms with van der Waals surface area (Å²) in [7, 11) is 0. The number of amides is 3. The molecule has 1 heterocycles. The lowest BCUT2D eigenvalue weighted by Crippen LogP contribution is -2.22. The third-order valence-electron chi connectivity index (χ3n) is 4.20. The van der Waals surface area contributed by atoms with Gasteiger partial charge in [0.05, 0.1) is 0 Å². The molecule has 5 nitrogen and oxygen atoms in total. The molecule has 0 spiro atoms. The van der Waals surface area contributed by atoms with Crippen molar-refractivity contribution in [3.63, 3.8) is 0 Å². The summed E-state index contributed by atoms with van der Waals surface area (Å²) < 4.78 is 6.01. The van der Waals surface area contributed by atoms with Crippen molar-refractivity contribution in [2.24, 2.45) is 0 Å². The minimum Gasteiger partial charge on any atom is -0.488 e. The molecule has 4 rings (SSSR count). The molecule has 2 N–H and O–H groups in total. The van der Waals surface area contributed by atoms with Crippen molar-refractivity contribution in [2.45, 2.75) is 6.61 Å². The molecule has 0 aromatic heterocycles. The van der Waals surface area contributed by atoms with Crippen molar-refractivity contribution in [3.05, 3.63) is 83.6 Å². The molecular formula is C21H16N2O3. The smallest absolute Gasteiger partial charge is 0.326 e. The summed E-state index contributed by atoms with van der Waals surface area (Å²) in [5.74, 6) is 0.195. The van der Waals surface area contributed by atoms with Gasteiger partial charge in [0, 0.05) is 5.56 Å². The molecule has 1 saturated heterocycles. The fourth-order valence-corrected chi connectivity index (χ4v) is 2.94. The van der Waals surface area contributed by atoms with Crippen LogP contribution in [0, 0.1) is 0 Å². The van der Waals surface area contributed by atoms with Crippen molar-refractivity contribution in [1.82, 2.24) is 10.6 Å². The van der Waals surface area contributed by atoms with Gasteiger partial charge in [-0.15, -0.1) is 0 Å². The normalized spacial score (nSPS) is 15.2. The Balaban J connectivity index is 1.60. The number of para-hydroxylation sites is 1. The first-order valence-corrected chi connectivity index (χ1v) is 8.23. The van der Waals surface area contributed by atoms with Crippen molar-refractivity contribution in [3.8, 4) is 5.75 Å². The fraction of sp³-hybridized carbons (Fsp3) is 0.0476. The first-order chi connectivity index (χ1) is 12.7. The lowest BCUT2D eigenvalue weighted by atomic mass is 10.1. The van der Waals surface area contributed by atoms with Crippen LogP contribution in [0.15, 0.2) is 72.4 Å². The summed E-state index contributed by atoms with van der Waals surface area (Å²) >= 11 is 0. The summed E-state index contributed by atoms with van der Waals surface area (Å²) in [6, 6.07) is 21.1. The van der Waals surface area contributed by atoms with E-state index in [0.717, 1.165) is 21.9 Å². The molecule has 26 heavy (non-hydrogen) atoms. The van der Waals surface area contributed by atoms with Crippen molar-refractivity contribution in [2.75, 3.05) is 0 Å². The molecule has 0 bridgehead atoms. The highest BCUT2D eigenvalue weighted by atomic mass is 16.5. The quantitative estimate of drug-likeness (QED) is 0.561. The van der Waals surface area contributed by atoms with E-state index in [1.807, 2.05) is 48.5 Å². The van der Waals surface area contributed by atoms with E-state index in [1.54, 1.807) is 6.08 Å². The molecule has 5 heteroatoms. The molecule has 0 unspecified atom stereocenters. The van der Waals surface area contributed by atoms with E-state index in [-0.39, 0.29) is 5.70 Å². The van der Waals surface area contributed by atoms with Crippen LogP contribution in [-0.2, 0) is 11.4 Å². The van der Waals surface area contributed by atoms with Crippen LogP contribution < -0.4 is 15.4 Å². The standard InChI is InChI=1S/C21H16N2O3/c24-20-18(22-21(25)23-20)12-15-7-2-4-11-19(15)26-13-16-9-5-8-14-6-1-3-10-17(14)16/h1-12H,13H2,(H2,22,23,24,25)/b18-12+. The van der Waals surface area contributed by atoms with E-state index in [4.69, 9.17) is 4.74 Å². The second kappa shape index (κ2) is 6.72. The minimum absolute atomic E-state index is 0.205. The number of rotatable bonds is 4. The van der Waals surface area contributed by atoms with Gasteiger partial charge >= 0.3 is 6.03 Å². The summed E-state index contributed by atoms with van der Waals surface area (Å²) in [6.07, 6.45) is 1.61. The molecule has 0 aliphatic carbocycles. The zero-order chi connectivity index (χ0) is 17.9. The average molecular weight is 344 g/mol. The zero-order valence-corrected chi connectivity index (χ0v) is 13.9. The molecule has 0 saturated carbocycles. The average Bonchev–Trinajstić information content (AvgIpc) is 2.98. The lowest BCUT2D eigenvalue weighted by Gasteiger charge is -2.11. The molecule has 3 aromatic rings. The van der Waals surface area contributed by atoms with Gasteiger partial charge in [0.25, 0.3) is 5.91 Å². The van der Waals surface area contributed by atoms with Gasteiger partial charge in [0.2, 0.25) is 0 Å². The molecule has 1 fully saturated rings. The van der Waals surface area contributed by atoms with Crippen LogP contribution in [0.1, 0.15) is 11.1 Å². The third kappa shape index (κ3) is 3.15. The van der Waals surface area contributed by atoms with Crippen LogP contribution in [0.4, 0.5) is 4.79 Å². The Hall–Kier alpha value is -3.60. The topological polar surface area (TPSA) is 67.4 Å². The maximum Gasteiger partial charge on any atom is 0.326 e. The molecule has 0 radical (unpaired) electrons. The van der Waals surface area contributed by atoms with E-state index in [2.05, 4.69) is 28.8 Å². The van der Waals surface area contributed by atoms with Crippen molar-refractivity contribution in [1.29, 1.82) is 0 Å². The number of hydrogen-bond acceptors (Lipinski definition) is 3. The first kappa shape index (κ1) is 15.9. The molecule has 0 atom stereocenters. The maximum absolute atomic E-state index is 11.7. The Labute approximate surface area is 150 Å². The van der Waals surface area contributed by atoms with Crippen molar-refractivity contribution >= 4 is 28.8 Å². The van der Waals surface area contributed by atoms with Gasteiger partial charge in [-0.1, -0.05) is 60.7 Å². The number of carbonyl (C=O) groups is 2. The predicted octanol–water partition coefficient (Wildman–Crippen LogP) is 3.60. The summed E-state index contributed by atoms with van der Waals surface area (Å²) in [6.45, 7) is 0.403. The summed E-state index contributed by atoms with van der Waals surface area (Å²) in [4.78, 5) is 23.0. The van der Waals surface area contributed by atoms with Crippen LogP contribution in [0.2, 0.25) is 0 Å². The fourth-order valence-electron chi connectivity index (χ4n) is 2.94. The SMILES string of the molecule is O=C1NC(=O)/C(=C\c2ccccc2OCc2cccc3ccccc23)N1. The number of carbonyl (C=O) groups excluding carboxylic acids is 2. The number of imide groups is 1. The maximum atomic E-state index is 11.7. The van der Waals surface area contributed by atoms with Gasteiger partial charge < -0.3 is 10.1 Å². The molecular weight excluding hydrogens is 328 g/mol. The lowest BCUT2D eigenvalue weighted by molar-refractivity contribution is -0.115. The van der Waals surface area contributed by atoms with Crippen LogP contribution in [-0.4, -0.2) is 11.9 Å². The van der Waals surface area contributed by atoms with Crippen LogP contribution in [0.3, 0.4) is 0 Å². The highest BCUT2D eigenvalue weighted by Crippen LogP contribution is 2.24. The summed E-state index contributed by atoms with van der Waals surface area (Å²) in [5, 5.41) is 6.98. The van der Waals surface area contributed by atoms with E-state index in [9.17, 15) is 9.59 Å². The molecule has 128 valence electrons. The van der Waals surface area contributed by atoms with Gasteiger partial charge in [-0.25, -0.2) is 4.79 Å². The van der Waals surface area contributed by atoms with E-state index < -0.39 is 11.9 Å².